The van der Waals surface area contributed by atoms with Crippen LogP contribution in [-0.2, 0) is 0 Å². The molecule has 0 aliphatic heterocycles. The second-order valence-corrected chi connectivity index (χ2v) is 2.64. The molecule has 1 aromatic rings. The number of rotatable bonds is 1. The number of ether oxygens (including phenoxy) is 1. The zero-order valence-corrected chi connectivity index (χ0v) is 7.14. The van der Waals surface area contributed by atoms with Gasteiger partial charge in [0.2, 0.25) is 0 Å². The fourth-order valence-corrected chi connectivity index (χ4v) is 0.916. The van der Waals surface area contributed by atoms with Crippen molar-refractivity contribution in [3.8, 4) is 5.75 Å². The minimum absolute atomic E-state index is 0.252. The minimum atomic E-state index is -4.65. The topological polar surface area (TPSA) is 22.1 Å². The molecule has 0 aliphatic rings. The largest absolute Gasteiger partial charge is 0.573 e. The van der Waals surface area contributed by atoms with Crippen molar-refractivity contribution in [2.24, 2.45) is 0 Å². The average Bonchev–Trinajstić information content (AvgIpc) is 1.93. The fraction of sp³-hybridized carbons (Fsp3) is 0.375. The lowest BCUT2D eigenvalue weighted by Gasteiger charge is -2.10. The Labute approximate surface area is 73.4 Å². The van der Waals surface area contributed by atoms with Crippen molar-refractivity contribution in [2.75, 3.05) is 0 Å². The highest BCUT2D eigenvalue weighted by Crippen LogP contribution is 2.25. The van der Waals surface area contributed by atoms with Gasteiger partial charge in [-0.05, 0) is 25.5 Å². The lowest BCUT2D eigenvalue weighted by atomic mass is 10.2. The number of alkyl halides is 3. The molecule has 72 valence electrons. The summed E-state index contributed by atoms with van der Waals surface area (Å²) in [7, 11) is 0. The summed E-state index contributed by atoms with van der Waals surface area (Å²) in [5, 5.41) is 0. The fourth-order valence-electron chi connectivity index (χ4n) is 0.916. The molecule has 0 N–H and O–H groups in total. The maximum atomic E-state index is 11.8. The summed E-state index contributed by atoms with van der Waals surface area (Å²) in [5.74, 6) is -0.252. The van der Waals surface area contributed by atoms with Gasteiger partial charge in [0, 0.05) is 5.69 Å². The lowest BCUT2D eigenvalue weighted by molar-refractivity contribution is -0.275. The van der Waals surface area contributed by atoms with Crippen LogP contribution in [0.1, 0.15) is 11.3 Å². The smallest absolute Gasteiger partial charge is 0.404 e. The standard InChI is InChI=1S/C8H8F3NO/c1-5-3-6(2)12-4-7(5)13-8(9,10)11/h3-4H,1-2H3. The first-order valence-corrected chi connectivity index (χ1v) is 3.57. The molecule has 0 bridgehead atoms. The Kier molecular flexibility index (Phi) is 2.45. The van der Waals surface area contributed by atoms with Gasteiger partial charge in [-0.2, -0.15) is 0 Å². The van der Waals surface area contributed by atoms with E-state index in [0.717, 1.165) is 6.20 Å². The van der Waals surface area contributed by atoms with Gasteiger partial charge >= 0.3 is 6.36 Å². The van der Waals surface area contributed by atoms with Crippen LogP contribution in [0.25, 0.3) is 0 Å². The van der Waals surface area contributed by atoms with E-state index in [9.17, 15) is 13.2 Å². The molecule has 13 heavy (non-hydrogen) atoms. The summed E-state index contributed by atoms with van der Waals surface area (Å²) in [6.45, 7) is 3.24. The first kappa shape index (κ1) is 9.83. The normalized spacial score (nSPS) is 11.5. The molecule has 0 aliphatic carbocycles. The van der Waals surface area contributed by atoms with Crippen molar-refractivity contribution in [3.63, 3.8) is 0 Å². The molecule has 5 heteroatoms. The number of pyridine rings is 1. The van der Waals surface area contributed by atoms with Crippen LogP contribution in [0.3, 0.4) is 0 Å². The van der Waals surface area contributed by atoms with Gasteiger partial charge in [0.05, 0.1) is 6.20 Å². The van der Waals surface area contributed by atoms with Crippen LogP contribution in [0.4, 0.5) is 13.2 Å². The molecular weight excluding hydrogens is 183 g/mol. The van der Waals surface area contributed by atoms with Crippen LogP contribution >= 0.6 is 0 Å². The van der Waals surface area contributed by atoms with Crippen LogP contribution in [-0.4, -0.2) is 11.3 Å². The number of nitrogens with zero attached hydrogens (tertiary/aromatic N) is 1. The zero-order valence-electron chi connectivity index (χ0n) is 7.14. The highest BCUT2D eigenvalue weighted by molar-refractivity contribution is 5.30. The van der Waals surface area contributed by atoms with Crippen molar-refractivity contribution < 1.29 is 17.9 Å². The Morgan fingerprint density at radius 2 is 1.92 bits per heavy atom. The van der Waals surface area contributed by atoms with E-state index in [-0.39, 0.29) is 5.75 Å². The van der Waals surface area contributed by atoms with Gasteiger partial charge in [-0.3, -0.25) is 4.98 Å². The van der Waals surface area contributed by atoms with Crippen molar-refractivity contribution in [1.29, 1.82) is 0 Å². The second kappa shape index (κ2) is 3.24. The SMILES string of the molecule is Cc1cc(C)c(OC(F)(F)F)cn1. The van der Waals surface area contributed by atoms with Gasteiger partial charge < -0.3 is 4.74 Å². The maximum absolute atomic E-state index is 11.8. The summed E-state index contributed by atoms with van der Waals surface area (Å²) in [6.07, 6.45) is -3.58. The molecule has 0 saturated carbocycles. The summed E-state index contributed by atoms with van der Waals surface area (Å²) in [6, 6.07) is 1.53. The van der Waals surface area contributed by atoms with Gasteiger partial charge in [-0.15, -0.1) is 13.2 Å². The molecule has 0 saturated heterocycles. The molecule has 0 radical (unpaired) electrons. The zero-order chi connectivity index (χ0) is 10.1. The van der Waals surface area contributed by atoms with Gasteiger partial charge in [0.25, 0.3) is 0 Å². The van der Waals surface area contributed by atoms with Crippen LogP contribution < -0.4 is 4.74 Å². The molecular formula is C8H8F3NO. The Morgan fingerprint density at radius 3 is 2.38 bits per heavy atom. The number of halogens is 3. The molecule has 0 spiro atoms. The van der Waals surface area contributed by atoms with Crippen LogP contribution in [0.15, 0.2) is 12.3 Å². The van der Waals surface area contributed by atoms with E-state index in [0.29, 0.717) is 11.3 Å². The number of hydrogen-bond donors (Lipinski definition) is 0. The van der Waals surface area contributed by atoms with Crippen molar-refractivity contribution in [1.82, 2.24) is 4.98 Å². The Bertz CT molecular complexity index is 309. The summed E-state index contributed by atoms with van der Waals surface area (Å²) >= 11 is 0. The lowest BCUT2D eigenvalue weighted by Crippen LogP contribution is -2.18. The third-order valence-corrected chi connectivity index (χ3v) is 1.43. The van der Waals surface area contributed by atoms with Gasteiger partial charge in [-0.1, -0.05) is 0 Å². The summed E-state index contributed by atoms with van der Waals surface area (Å²) in [4.78, 5) is 3.70. The van der Waals surface area contributed by atoms with Gasteiger partial charge in [0.1, 0.15) is 0 Å². The number of aryl methyl sites for hydroxylation is 2. The molecule has 0 atom stereocenters. The van der Waals surface area contributed by atoms with E-state index in [1.54, 1.807) is 6.92 Å². The molecule has 0 aromatic carbocycles. The number of aromatic nitrogens is 1. The van der Waals surface area contributed by atoms with Crippen molar-refractivity contribution in [3.05, 3.63) is 23.5 Å². The predicted molar refractivity (Wildman–Crippen MR) is 40.4 cm³/mol. The minimum Gasteiger partial charge on any atom is -0.404 e. The van der Waals surface area contributed by atoms with E-state index >= 15 is 0 Å². The average molecular weight is 191 g/mol. The van der Waals surface area contributed by atoms with Crippen molar-refractivity contribution >= 4 is 0 Å². The third kappa shape index (κ3) is 2.93. The molecule has 0 unspecified atom stereocenters. The quantitative estimate of drug-likeness (QED) is 0.680. The highest BCUT2D eigenvalue weighted by Gasteiger charge is 2.31. The Morgan fingerprint density at radius 1 is 1.31 bits per heavy atom. The first-order valence-electron chi connectivity index (χ1n) is 3.57. The molecule has 0 fully saturated rings. The Hall–Kier alpha value is -1.26. The molecule has 1 heterocycles. The van der Waals surface area contributed by atoms with E-state index < -0.39 is 6.36 Å². The second-order valence-electron chi connectivity index (χ2n) is 2.64. The molecule has 2 nitrogen and oxygen atoms in total. The van der Waals surface area contributed by atoms with E-state index in [1.807, 2.05) is 0 Å². The Balaban J connectivity index is 2.90. The van der Waals surface area contributed by atoms with Crippen LogP contribution in [0.2, 0.25) is 0 Å². The monoisotopic (exact) mass is 191 g/mol. The summed E-state index contributed by atoms with van der Waals surface area (Å²) < 4.78 is 39.0. The van der Waals surface area contributed by atoms with Crippen LogP contribution in [0, 0.1) is 13.8 Å². The van der Waals surface area contributed by atoms with E-state index in [4.69, 9.17) is 0 Å². The van der Waals surface area contributed by atoms with Gasteiger partial charge in [-0.25, -0.2) is 0 Å². The third-order valence-electron chi connectivity index (χ3n) is 1.43. The van der Waals surface area contributed by atoms with Crippen molar-refractivity contribution in [2.45, 2.75) is 20.2 Å². The highest BCUT2D eigenvalue weighted by atomic mass is 19.4. The first-order chi connectivity index (χ1) is 5.88. The molecule has 0 amide bonds. The maximum Gasteiger partial charge on any atom is 0.573 e. The predicted octanol–water partition coefficient (Wildman–Crippen LogP) is 2.60. The summed E-state index contributed by atoms with van der Waals surface area (Å²) in [5.41, 5.74) is 1.08. The van der Waals surface area contributed by atoms with Gasteiger partial charge in [0.15, 0.2) is 5.75 Å². The van der Waals surface area contributed by atoms with E-state index in [2.05, 4.69) is 9.72 Å². The van der Waals surface area contributed by atoms with Crippen LogP contribution in [0.5, 0.6) is 5.75 Å². The molecule has 1 aromatic heterocycles. The number of hydrogen-bond acceptors (Lipinski definition) is 2. The van der Waals surface area contributed by atoms with E-state index in [1.165, 1.54) is 13.0 Å². The molecule has 1 rings (SSSR count).